The number of hydrogen-bond donors (Lipinski definition) is 2. The van der Waals surface area contributed by atoms with Crippen LogP contribution in [-0.4, -0.2) is 47.5 Å². The first-order valence-corrected chi connectivity index (χ1v) is 9.47. The van der Waals surface area contributed by atoms with Crippen LogP contribution in [0.25, 0.3) is 27.3 Å². The van der Waals surface area contributed by atoms with E-state index >= 15 is 0 Å². The van der Waals surface area contributed by atoms with Crippen LogP contribution >= 0.6 is 0 Å². The van der Waals surface area contributed by atoms with Crippen molar-refractivity contribution < 1.29 is 0 Å². The first kappa shape index (κ1) is 17.7. The van der Waals surface area contributed by atoms with Crippen LogP contribution in [0.5, 0.6) is 0 Å². The zero-order chi connectivity index (χ0) is 18.8. The van der Waals surface area contributed by atoms with E-state index in [0.29, 0.717) is 0 Å². The van der Waals surface area contributed by atoms with Gasteiger partial charge in [0.05, 0.1) is 21.9 Å². The molecule has 0 spiro atoms. The standard InChI is InChI=1S/C21H25N5O/c1-25(12-4-10-22)13-5-11-23-16-8-9-17-20-19(16)21(27)15-6-2-3-7-18(15)26(20)14-24-17/h2-3,6-9,14,23H,4-5,10-13,22H2,1H3. The number of benzene rings is 2. The SMILES string of the molecule is CN(CCCN)CCCNc1ccc2ncn3c4ccccc4c(=O)c1c23. The molecular weight excluding hydrogens is 338 g/mol. The average molecular weight is 363 g/mol. The topological polar surface area (TPSA) is 75.7 Å². The second-order valence-corrected chi connectivity index (χ2v) is 7.04. The largest absolute Gasteiger partial charge is 0.384 e. The molecule has 0 bridgehead atoms. The molecule has 0 saturated heterocycles. The van der Waals surface area contributed by atoms with E-state index in [1.54, 1.807) is 6.33 Å². The van der Waals surface area contributed by atoms with Crippen molar-refractivity contribution in [3.05, 3.63) is 52.9 Å². The van der Waals surface area contributed by atoms with Crippen molar-refractivity contribution in [2.75, 3.05) is 38.5 Å². The van der Waals surface area contributed by atoms with Crippen molar-refractivity contribution in [3.8, 4) is 0 Å². The van der Waals surface area contributed by atoms with E-state index < -0.39 is 0 Å². The van der Waals surface area contributed by atoms with Crippen molar-refractivity contribution in [1.82, 2.24) is 14.3 Å². The molecule has 140 valence electrons. The van der Waals surface area contributed by atoms with Gasteiger partial charge < -0.3 is 16.0 Å². The second-order valence-electron chi connectivity index (χ2n) is 7.04. The fourth-order valence-corrected chi connectivity index (χ4v) is 3.72. The number of hydrogen-bond acceptors (Lipinski definition) is 5. The Labute approximate surface area is 157 Å². The zero-order valence-electron chi connectivity index (χ0n) is 15.6. The fraction of sp³-hybridized carbons (Fsp3) is 0.333. The summed E-state index contributed by atoms with van der Waals surface area (Å²) in [4.78, 5) is 19.9. The summed E-state index contributed by atoms with van der Waals surface area (Å²) in [5.74, 6) is 0. The summed E-state index contributed by atoms with van der Waals surface area (Å²) in [5.41, 5.74) is 9.15. The van der Waals surface area contributed by atoms with Gasteiger partial charge in [-0.2, -0.15) is 0 Å². The number of nitrogens with two attached hydrogens (primary N) is 1. The molecule has 0 aliphatic heterocycles. The third kappa shape index (κ3) is 3.22. The highest BCUT2D eigenvalue weighted by molar-refractivity contribution is 6.06. The Balaban J connectivity index is 1.63. The molecular formula is C21H25N5O. The summed E-state index contributed by atoms with van der Waals surface area (Å²) in [7, 11) is 2.12. The van der Waals surface area contributed by atoms with E-state index in [1.165, 1.54) is 0 Å². The predicted octanol–water partition coefficient (Wildman–Crippen LogP) is 2.52. The van der Waals surface area contributed by atoms with Gasteiger partial charge in [0.2, 0.25) is 0 Å². The van der Waals surface area contributed by atoms with Gasteiger partial charge in [0.25, 0.3) is 0 Å². The fourth-order valence-electron chi connectivity index (χ4n) is 3.72. The van der Waals surface area contributed by atoms with E-state index in [-0.39, 0.29) is 5.43 Å². The molecule has 0 saturated carbocycles. The van der Waals surface area contributed by atoms with Gasteiger partial charge >= 0.3 is 0 Å². The number of rotatable bonds is 8. The van der Waals surface area contributed by atoms with E-state index in [2.05, 4.69) is 22.2 Å². The Kier molecular flexibility index (Phi) is 4.92. The summed E-state index contributed by atoms with van der Waals surface area (Å²) in [6, 6.07) is 11.7. The van der Waals surface area contributed by atoms with E-state index in [1.807, 2.05) is 40.8 Å². The first-order chi connectivity index (χ1) is 13.2. The van der Waals surface area contributed by atoms with Gasteiger partial charge in [-0.05, 0) is 63.8 Å². The third-order valence-electron chi connectivity index (χ3n) is 5.12. The van der Waals surface area contributed by atoms with E-state index in [9.17, 15) is 4.79 Å². The number of nitrogens with zero attached hydrogens (tertiary/aromatic N) is 3. The van der Waals surface area contributed by atoms with Gasteiger partial charge in [-0.1, -0.05) is 12.1 Å². The Bertz CT molecular complexity index is 1120. The maximum atomic E-state index is 13.2. The molecule has 0 aliphatic rings. The van der Waals surface area contributed by atoms with E-state index in [4.69, 9.17) is 5.73 Å². The van der Waals surface area contributed by atoms with Gasteiger partial charge in [-0.15, -0.1) is 0 Å². The van der Waals surface area contributed by atoms with Crippen LogP contribution in [0.2, 0.25) is 0 Å². The van der Waals surface area contributed by atoms with Crippen LogP contribution in [0.1, 0.15) is 12.8 Å². The maximum absolute atomic E-state index is 13.2. The zero-order valence-corrected chi connectivity index (χ0v) is 15.6. The number of nitrogens with one attached hydrogen (secondary N) is 1. The molecule has 0 amide bonds. The van der Waals surface area contributed by atoms with Crippen molar-refractivity contribution in [3.63, 3.8) is 0 Å². The lowest BCUT2D eigenvalue weighted by Crippen LogP contribution is -2.24. The van der Waals surface area contributed by atoms with Crippen molar-refractivity contribution in [2.45, 2.75) is 12.8 Å². The minimum absolute atomic E-state index is 0.0618. The summed E-state index contributed by atoms with van der Waals surface area (Å²) in [6.07, 6.45) is 3.82. The highest BCUT2D eigenvalue weighted by atomic mass is 16.1. The highest BCUT2D eigenvalue weighted by Crippen LogP contribution is 2.28. The lowest BCUT2D eigenvalue weighted by Gasteiger charge is -2.16. The van der Waals surface area contributed by atoms with Gasteiger partial charge in [-0.25, -0.2) is 4.98 Å². The second kappa shape index (κ2) is 7.50. The number of aromatic nitrogens is 2. The maximum Gasteiger partial charge on any atom is 0.199 e. The molecule has 3 N–H and O–H groups in total. The number of imidazole rings is 1. The van der Waals surface area contributed by atoms with E-state index in [0.717, 1.165) is 72.0 Å². The third-order valence-corrected chi connectivity index (χ3v) is 5.12. The summed E-state index contributed by atoms with van der Waals surface area (Å²) in [5, 5.41) is 4.91. The molecule has 2 aromatic heterocycles. The van der Waals surface area contributed by atoms with Crippen LogP contribution in [-0.2, 0) is 0 Å². The van der Waals surface area contributed by atoms with Crippen molar-refractivity contribution in [1.29, 1.82) is 0 Å². The van der Waals surface area contributed by atoms with Crippen LogP contribution in [0, 0.1) is 0 Å². The number of para-hydroxylation sites is 1. The van der Waals surface area contributed by atoms with Crippen LogP contribution < -0.4 is 16.5 Å². The minimum atomic E-state index is 0.0618. The molecule has 27 heavy (non-hydrogen) atoms. The molecule has 4 rings (SSSR count). The highest BCUT2D eigenvalue weighted by Gasteiger charge is 2.15. The monoisotopic (exact) mass is 363 g/mol. The van der Waals surface area contributed by atoms with Crippen molar-refractivity contribution in [2.24, 2.45) is 5.73 Å². The molecule has 0 atom stereocenters. The Morgan fingerprint density at radius 3 is 2.81 bits per heavy atom. The molecule has 6 nitrogen and oxygen atoms in total. The predicted molar refractivity (Wildman–Crippen MR) is 112 cm³/mol. The molecule has 2 aromatic carbocycles. The number of pyridine rings is 1. The number of fused-ring (bicyclic) bond motifs is 2. The smallest absolute Gasteiger partial charge is 0.199 e. The van der Waals surface area contributed by atoms with Gasteiger partial charge in [0.1, 0.15) is 6.33 Å². The Morgan fingerprint density at radius 1 is 1.15 bits per heavy atom. The molecule has 0 unspecified atom stereocenters. The van der Waals surface area contributed by atoms with Crippen LogP contribution in [0.4, 0.5) is 5.69 Å². The van der Waals surface area contributed by atoms with Crippen LogP contribution in [0.15, 0.2) is 47.5 Å². The van der Waals surface area contributed by atoms with Gasteiger partial charge in [0, 0.05) is 17.6 Å². The Hall–Kier alpha value is -2.70. The molecule has 6 heteroatoms. The van der Waals surface area contributed by atoms with Gasteiger partial charge in [0.15, 0.2) is 5.43 Å². The summed E-state index contributed by atoms with van der Waals surface area (Å²) < 4.78 is 2.02. The average Bonchev–Trinajstić information content (AvgIpc) is 3.12. The molecule has 2 heterocycles. The quantitative estimate of drug-likeness (QED) is 0.372. The van der Waals surface area contributed by atoms with Crippen molar-refractivity contribution >= 4 is 33.0 Å². The number of anilines is 1. The first-order valence-electron chi connectivity index (χ1n) is 9.47. The molecule has 0 aliphatic carbocycles. The van der Waals surface area contributed by atoms with Crippen LogP contribution in [0.3, 0.4) is 0 Å². The van der Waals surface area contributed by atoms with Gasteiger partial charge in [-0.3, -0.25) is 9.20 Å². The lowest BCUT2D eigenvalue weighted by atomic mass is 10.1. The summed E-state index contributed by atoms with van der Waals surface area (Å²) in [6.45, 7) is 3.55. The minimum Gasteiger partial charge on any atom is -0.384 e. The normalized spacial score (nSPS) is 12.0. The molecule has 0 radical (unpaired) electrons. The Morgan fingerprint density at radius 2 is 1.96 bits per heavy atom. The summed E-state index contributed by atoms with van der Waals surface area (Å²) >= 11 is 0. The molecule has 4 aromatic rings. The lowest BCUT2D eigenvalue weighted by molar-refractivity contribution is 0.330. The molecule has 0 fully saturated rings.